The van der Waals surface area contributed by atoms with Crippen LogP contribution in [0.25, 0.3) is 6.08 Å². The van der Waals surface area contributed by atoms with Gasteiger partial charge in [0, 0.05) is 31.9 Å². The second kappa shape index (κ2) is 14.6. The molecule has 0 saturated carbocycles. The summed E-state index contributed by atoms with van der Waals surface area (Å²) in [5, 5.41) is 9.15. The second-order valence-corrected chi connectivity index (χ2v) is 11.1. The molecule has 0 fully saturated rings. The smallest absolute Gasteiger partial charge is 0.272 e. The fourth-order valence-corrected chi connectivity index (χ4v) is 5.23. The number of rotatable bonds is 10. The number of halogens is 2. The van der Waals surface area contributed by atoms with Crippen LogP contribution in [0, 0.1) is 0 Å². The molecule has 9 heteroatoms. The SMILES string of the molecule is CCC(Sc1cccc(NC(=O)/C(=C/c2cccc(Cl)c2)NC(=O)c2ccccc2)c1)C(=O)Nc1cccc(Cl)c1. The first-order chi connectivity index (χ1) is 19.8. The number of thioether (sulfide) groups is 1. The predicted molar refractivity (Wildman–Crippen MR) is 168 cm³/mol. The van der Waals surface area contributed by atoms with Crippen LogP contribution in [0.3, 0.4) is 0 Å². The average Bonchev–Trinajstić information content (AvgIpc) is 2.96. The van der Waals surface area contributed by atoms with Gasteiger partial charge in [-0.05, 0) is 78.7 Å². The fraction of sp³-hybridized carbons (Fsp3) is 0.0938. The van der Waals surface area contributed by atoms with Gasteiger partial charge < -0.3 is 16.0 Å². The van der Waals surface area contributed by atoms with Gasteiger partial charge in [-0.25, -0.2) is 0 Å². The quantitative estimate of drug-likeness (QED) is 0.127. The molecule has 0 aliphatic rings. The molecule has 3 amide bonds. The lowest BCUT2D eigenvalue weighted by atomic mass is 10.1. The highest BCUT2D eigenvalue weighted by atomic mass is 35.5. The first kappa shape index (κ1) is 29.9. The maximum atomic E-state index is 13.4. The van der Waals surface area contributed by atoms with E-state index in [9.17, 15) is 14.4 Å². The minimum Gasteiger partial charge on any atom is -0.325 e. The fourth-order valence-electron chi connectivity index (χ4n) is 3.83. The van der Waals surface area contributed by atoms with E-state index in [1.807, 2.05) is 13.0 Å². The van der Waals surface area contributed by atoms with E-state index in [1.165, 1.54) is 11.8 Å². The third-order valence-electron chi connectivity index (χ3n) is 5.81. The molecule has 0 aliphatic carbocycles. The zero-order chi connectivity index (χ0) is 29.2. The Morgan fingerprint density at radius 1 is 0.780 bits per heavy atom. The van der Waals surface area contributed by atoms with E-state index < -0.39 is 11.8 Å². The first-order valence-electron chi connectivity index (χ1n) is 12.8. The Kier molecular flexibility index (Phi) is 10.6. The number of hydrogen-bond donors (Lipinski definition) is 3. The van der Waals surface area contributed by atoms with Crippen LogP contribution < -0.4 is 16.0 Å². The van der Waals surface area contributed by atoms with Gasteiger partial charge in [-0.1, -0.05) is 72.6 Å². The highest BCUT2D eigenvalue weighted by Gasteiger charge is 2.19. The summed E-state index contributed by atoms with van der Waals surface area (Å²) in [4.78, 5) is 40.0. The molecule has 3 N–H and O–H groups in total. The van der Waals surface area contributed by atoms with E-state index in [-0.39, 0.29) is 16.9 Å². The molecule has 0 saturated heterocycles. The molecule has 0 aromatic heterocycles. The standard InChI is InChI=1S/C32H27Cl2N3O3S/c1-2-29(32(40)36-25-14-7-13-24(34)19-25)41-27-16-8-15-26(20-27)35-31(39)28(18-21-9-6-12-23(33)17-21)37-30(38)22-10-4-3-5-11-22/h3-20,29H,2H2,1H3,(H,35,39)(H,36,40)(H,37,38)/b28-18-. The van der Waals surface area contributed by atoms with Crippen molar-refractivity contribution in [1.29, 1.82) is 0 Å². The number of carbonyl (C=O) groups is 3. The summed E-state index contributed by atoms with van der Waals surface area (Å²) in [5.41, 5.74) is 2.25. The summed E-state index contributed by atoms with van der Waals surface area (Å²) in [5.74, 6) is -1.08. The largest absolute Gasteiger partial charge is 0.325 e. The maximum absolute atomic E-state index is 13.4. The lowest BCUT2D eigenvalue weighted by Crippen LogP contribution is -2.30. The molecule has 0 spiro atoms. The summed E-state index contributed by atoms with van der Waals surface area (Å²) in [6.07, 6.45) is 2.15. The zero-order valence-electron chi connectivity index (χ0n) is 22.1. The van der Waals surface area contributed by atoms with Crippen molar-refractivity contribution in [2.45, 2.75) is 23.5 Å². The van der Waals surface area contributed by atoms with Gasteiger partial charge in [-0.2, -0.15) is 0 Å². The molecular formula is C32H27Cl2N3O3S. The molecule has 4 aromatic carbocycles. The van der Waals surface area contributed by atoms with E-state index in [4.69, 9.17) is 23.2 Å². The molecule has 4 aromatic rings. The van der Waals surface area contributed by atoms with Crippen molar-refractivity contribution in [2.24, 2.45) is 0 Å². The summed E-state index contributed by atoms with van der Waals surface area (Å²) in [7, 11) is 0. The number of carbonyl (C=O) groups excluding carboxylic acids is 3. The number of benzene rings is 4. The molecule has 1 unspecified atom stereocenters. The van der Waals surface area contributed by atoms with E-state index >= 15 is 0 Å². The van der Waals surface area contributed by atoms with Gasteiger partial charge in [-0.3, -0.25) is 14.4 Å². The predicted octanol–water partition coefficient (Wildman–Crippen LogP) is 7.91. The van der Waals surface area contributed by atoms with Gasteiger partial charge in [-0.15, -0.1) is 11.8 Å². The van der Waals surface area contributed by atoms with E-state index in [1.54, 1.807) is 103 Å². The van der Waals surface area contributed by atoms with Crippen LogP contribution in [0.2, 0.25) is 10.0 Å². The van der Waals surface area contributed by atoms with Gasteiger partial charge in [0.1, 0.15) is 5.70 Å². The van der Waals surface area contributed by atoms with Crippen molar-refractivity contribution >= 4 is 70.1 Å². The number of nitrogens with one attached hydrogen (secondary N) is 3. The Morgan fingerprint density at radius 3 is 2.12 bits per heavy atom. The first-order valence-corrected chi connectivity index (χ1v) is 14.4. The minimum absolute atomic E-state index is 0.0477. The van der Waals surface area contributed by atoms with Crippen molar-refractivity contribution in [1.82, 2.24) is 5.32 Å². The average molecular weight is 605 g/mol. The van der Waals surface area contributed by atoms with Gasteiger partial charge in [0.25, 0.3) is 11.8 Å². The summed E-state index contributed by atoms with van der Waals surface area (Å²) in [6, 6.07) is 29.8. The summed E-state index contributed by atoms with van der Waals surface area (Å²) in [6.45, 7) is 1.93. The molecule has 208 valence electrons. The van der Waals surface area contributed by atoms with Gasteiger partial charge in [0.15, 0.2) is 0 Å². The van der Waals surface area contributed by atoms with Crippen molar-refractivity contribution in [3.8, 4) is 0 Å². The molecule has 0 heterocycles. The Balaban J connectivity index is 1.50. The third-order valence-corrected chi connectivity index (χ3v) is 7.64. The van der Waals surface area contributed by atoms with Crippen LogP contribution in [0.4, 0.5) is 11.4 Å². The zero-order valence-corrected chi connectivity index (χ0v) is 24.4. The molecule has 0 aliphatic heterocycles. The maximum Gasteiger partial charge on any atom is 0.272 e. The second-order valence-electron chi connectivity index (χ2n) is 8.93. The molecule has 41 heavy (non-hydrogen) atoms. The van der Waals surface area contributed by atoms with Crippen LogP contribution in [-0.4, -0.2) is 23.0 Å². The van der Waals surface area contributed by atoms with Gasteiger partial charge in [0.2, 0.25) is 5.91 Å². The summed E-state index contributed by atoms with van der Waals surface area (Å²) >= 11 is 13.6. The Hall–Kier alpha value is -4.04. The van der Waals surface area contributed by atoms with Crippen LogP contribution in [-0.2, 0) is 9.59 Å². The summed E-state index contributed by atoms with van der Waals surface area (Å²) < 4.78 is 0. The molecular weight excluding hydrogens is 577 g/mol. The number of hydrogen-bond acceptors (Lipinski definition) is 4. The number of anilines is 2. The number of amides is 3. The van der Waals surface area contributed by atoms with E-state index in [0.29, 0.717) is 39.0 Å². The molecule has 0 radical (unpaired) electrons. The van der Waals surface area contributed by atoms with E-state index in [2.05, 4.69) is 16.0 Å². The van der Waals surface area contributed by atoms with Crippen molar-refractivity contribution < 1.29 is 14.4 Å². The topological polar surface area (TPSA) is 87.3 Å². The normalized spacial score (nSPS) is 11.8. The van der Waals surface area contributed by atoms with Crippen LogP contribution in [0.5, 0.6) is 0 Å². The highest BCUT2D eigenvalue weighted by molar-refractivity contribution is 8.00. The molecule has 6 nitrogen and oxygen atoms in total. The Labute approximate surface area is 253 Å². The van der Waals surface area contributed by atoms with Gasteiger partial charge >= 0.3 is 0 Å². The van der Waals surface area contributed by atoms with Crippen molar-refractivity contribution in [2.75, 3.05) is 10.6 Å². The highest BCUT2D eigenvalue weighted by Crippen LogP contribution is 2.29. The minimum atomic E-state index is -0.512. The monoisotopic (exact) mass is 603 g/mol. The Bertz CT molecular complexity index is 1580. The molecule has 0 bridgehead atoms. The molecule has 4 rings (SSSR count). The Morgan fingerprint density at radius 2 is 1.44 bits per heavy atom. The van der Waals surface area contributed by atoms with Crippen LogP contribution in [0.15, 0.2) is 114 Å². The van der Waals surface area contributed by atoms with Gasteiger partial charge in [0.05, 0.1) is 5.25 Å². The third kappa shape index (κ3) is 8.98. The lowest BCUT2D eigenvalue weighted by Gasteiger charge is -2.16. The lowest BCUT2D eigenvalue weighted by molar-refractivity contribution is -0.116. The molecule has 1 atom stereocenters. The van der Waals surface area contributed by atoms with E-state index in [0.717, 1.165) is 4.90 Å². The van der Waals surface area contributed by atoms with Crippen molar-refractivity contribution in [3.05, 3.63) is 130 Å². The van der Waals surface area contributed by atoms with Crippen molar-refractivity contribution in [3.63, 3.8) is 0 Å². The van der Waals surface area contributed by atoms with Crippen LogP contribution >= 0.6 is 35.0 Å². The van der Waals surface area contributed by atoms with Crippen LogP contribution in [0.1, 0.15) is 29.3 Å².